The molecule has 0 aromatic heterocycles. The predicted molar refractivity (Wildman–Crippen MR) is 221 cm³/mol. The molecule has 2 unspecified atom stereocenters. The van der Waals surface area contributed by atoms with E-state index in [0.29, 0.717) is 73.4 Å². The van der Waals surface area contributed by atoms with Crippen molar-refractivity contribution in [1.29, 1.82) is 0 Å². The first-order valence-electron chi connectivity index (χ1n) is 19.3. The van der Waals surface area contributed by atoms with Gasteiger partial charge in [-0.1, -0.05) is 36.4 Å². The Morgan fingerprint density at radius 1 is 0.638 bits per heavy atom. The Kier molecular flexibility index (Phi) is 18.5. The van der Waals surface area contributed by atoms with Gasteiger partial charge in [-0.3, -0.25) is 14.4 Å². The number of benzene rings is 4. The molecule has 0 saturated carbocycles. The van der Waals surface area contributed by atoms with Crippen LogP contribution < -0.4 is 39.1 Å². The van der Waals surface area contributed by atoms with Gasteiger partial charge in [0.1, 0.15) is 17.6 Å². The number of rotatable bonds is 26. The summed E-state index contributed by atoms with van der Waals surface area (Å²) in [6.07, 6.45) is 3.29. The van der Waals surface area contributed by atoms with Crippen molar-refractivity contribution in [3.8, 4) is 34.5 Å². The summed E-state index contributed by atoms with van der Waals surface area (Å²) in [4.78, 5) is 39.0. The highest BCUT2D eigenvalue weighted by Crippen LogP contribution is 2.31. The molecule has 2 amide bonds. The van der Waals surface area contributed by atoms with Crippen LogP contribution in [0.5, 0.6) is 34.5 Å². The zero-order chi connectivity index (χ0) is 41.7. The Bertz CT molecular complexity index is 1900. The molecule has 0 radical (unpaired) electrons. The Labute approximate surface area is 341 Å². The third-order valence-corrected chi connectivity index (χ3v) is 9.41. The summed E-state index contributed by atoms with van der Waals surface area (Å²) >= 11 is 0. The summed E-state index contributed by atoms with van der Waals surface area (Å²) in [5.74, 6) is 3.16. The van der Waals surface area contributed by atoms with Crippen LogP contribution in [0.1, 0.15) is 41.2 Å². The van der Waals surface area contributed by atoms with Crippen LogP contribution in [-0.2, 0) is 38.4 Å². The van der Waals surface area contributed by atoms with Gasteiger partial charge >= 0.3 is 0 Å². The Balaban J connectivity index is 1.19. The van der Waals surface area contributed by atoms with Crippen molar-refractivity contribution in [3.63, 3.8) is 0 Å². The maximum Gasteiger partial charge on any atom is 0.293 e. The van der Waals surface area contributed by atoms with Gasteiger partial charge in [-0.05, 0) is 117 Å². The lowest BCUT2D eigenvalue weighted by atomic mass is 10.0. The van der Waals surface area contributed by atoms with Crippen molar-refractivity contribution in [2.24, 2.45) is 5.92 Å². The molecule has 2 N–H and O–H groups in total. The van der Waals surface area contributed by atoms with Gasteiger partial charge < -0.3 is 48.7 Å². The van der Waals surface area contributed by atoms with Crippen LogP contribution in [0.4, 0.5) is 0 Å². The van der Waals surface area contributed by atoms with Crippen LogP contribution in [0.3, 0.4) is 0 Å². The fourth-order valence-corrected chi connectivity index (χ4v) is 6.48. The molecule has 0 aliphatic rings. The molecular weight excluding hydrogens is 743 g/mol. The maximum atomic E-state index is 12.8. The van der Waals surface area contributed by atoms with E-state index in [-0.39, 0.29) is 30.9 Å². The quantitative estimate of drug-likeness (QED) is 0.0766. The minimum absolute atomic E-state index is 0.0628. The molecule has 4 aromatic rings. The summed E-state index contributed by atoms with van der Waals surface area (Å²) in [5, 5.41) is 5.86. The summed E-state index contributed by atoms with van der Waals surface area (Å²) in [7, 11) is 10.3. The molecule has 312 valence electrons. The number of methoxy groups -OCH3 is 4. The van der Waals surface area contributed by atoms with Crippen molar-refractivity contribution in [3.05, 3.63) is 107 Å². The number of ether oxygens (including phenoxy) is 7. The van der Waals surface area contributed by atoms with Gasteiger partial charge in [-0.25, -0.2) is 0 Å². The molecule has 0 fully saturated rings. The zero-order valence-corrected chi connectivity index (χ0v) is 34.4. The zero-order valence-electron chi connectivity index (χ0n) is 34.4. The second-order valence-corrected chi connectivity index (χ2v) is 14.0. The highest BCUT2D eigenvalue weighted by atomic mass is 16.5. The number of amides is 2. The molecule has 58 heavy (non-hydrogen) atoms. The second kappa shape index (κ2) is 24.0. The van der Waals surface area contributed by atoms with E-state index in [0.717, 1.165) is 36.0 Å². The van der Waals surface area contributed by atoms with E-state index in [4.69, 9.17) is 33.2 Å². The number of nitrogens with zero attached hydrogens (tertiary/aromatic N) is 1. The van der Waals surface area contributed by atoms with Gasteiger partial charge in [-0.15, -0.1) is 0 Å². The molecule has 0 saturated heterocycles. The third-order valence-electron chi connectivity index (χ3n) is 9.41. The van der Waals surface area contributed by atoms with Crippen molar-refractivity contribution in [1.82, 2.24) is 15.5 Å². The first-order valence-corrected chi connectivity index (χ1v) is 19.3. The first-order chi connectivity index (χ1) is 28.1. The molecule has 2 atom stereocenters. The fourth-order valence-electron chi connectivity index (χ4n) is 6.48. The van der Waals surface area contributed by atoms with E-state index < -0.39 is 6.10 Å². The van der Waals surface area contributed by atoms with Crippen LogP contribution >= 0.6 is 0 Å². The smallest absolute Gasteiger partial charge is 0.293 e. The van der Waals surface area contributed by atoms with Gasteiger partial charge in [0.25, 0.3) is 18.3 Å². The van der Waals surface area contributed by atoms with Crippen LogP contribution in [0, 0.1) is 5.92 Å². The van der Waals surface area contributed by atoms with Crippen LogP contribution in [0.15, 0.2) is 84.9 Å². The van der Waals surface area contributed by atoms with E-state index >= 15 is 0 Å². The molecule has 13 nitrogen and oxygen atoms in total. The number of hydrogen-bond acceptors (Lipinski definition) is 11. The van der Waals surface area contributed by atoms with Crippen LogP contribution in [-0.4, -0.2) is 98.6 Å². The summed E-state index contributed by atoms with van der Waals surface area (Å²) in [5.41, 5.74) is 4.03. The minimum atomic E-state index is -0.521. The van der Waals surface area contributed by atoms with Gasteiger partial charge in [0.15, 0.2) is 36.2 Å². The number of carbonyl (C=O) groups is 3. The van der Waals surface area contributed by atoms with Crippen LogP contribution in [0.2, 0.25) is 0 Å². The topological polar surface area (TPSA) is 143 Å². The second-order valence-electron chi connectivity index (χ2n) is 14.0. The molecule has 0 aliphatic carbocycles. The van der Waals surface area contributed by atoms with Gasteiger partial charge in [0.05, 0.1) is 28.4 Å². The van der Waals surface area contributed by atoms with E-state index in [2.05, 4.69) is 16.7 Å². The average molecular weight is 800 g/mol. The predicted octanol–water partition coefficient (Wildman–Crippen LogP) is 5.61. The molecule has 13 heteroatoms. The molecule has 4 rings (SSSR count). The van der Waals surface area contributed by atoms with E-state index in [1.165, 1.54) is 5.56 Å². The standard InChI is InChI=1S/C45H57N3O10/c1-48(2)28-35(26-46-44(50)29-56-37-14-8-12-32(22-37)10-7-11-33-17-20-40(52-3)42(23-33)54-5)27-47-45(51)30-57-38-15-9-13-36(25-38)39(58-31-49)19-16-34-18-21-41(53-4)43(24-34)55-6/h8-9,12-15,17-18,20-25,31,35,39H,7,10-11,16,19,26-30H2,1-6H3,(H,46,50)(H,47,51). The summed E-state index contributed by atoms with van der Waals surface area (Å²) in [6.45, 7) is 1.41. The van der Waals surface area contributed by atoms with E-state index in [1.54, 1.807) is 46.6 Å². The van der Waals surface area contributed by atoms with Crippen molar-refractivity contribution >= 4 is 18.3 Å². The largest absolute Gasteiger partial charge is 0.493 e. The molecule has 0 aliphatic heterocycles. The fraction of sp³-hybridized carbons (Fsp3) is 0.400. The highest BCUT2D eigenvalue weighted by molar-refractivity contribution is 5.78. The lowest BCUT2D eigenvalue weighted by Crippen LogP contribution is -2.43. The summed E-state index contributed by atoms with van der Waals surface area (Å²) in [6, 6.07) is 26.6. The monoisotopic (exact) mass is 799 g/mol. The van der Waals surface area contributed by atoms with E-state index in [9.17, 15) is 14.4 Å². The Hall–Kier alpha value is -5.95. The van der Waals surface area contributed by atoms with Gasteiger partial charge in [0.2, 0.25) is 0 Å². The number of hydrogen-bond donors (Lipinski definition) is 2. The Morgan fingerprint density at radius 3 is 1.69 bits per heavy atom. The number of nitrogens with one attached hydrogen (secondary N) is 2. The first kappa shape index (κ1) is 44.8. The number of carbonyl (C=O) groups excluding carboxylic acids is 3. The number of aryl methyl sites for hydroxylation is 3. The SMILES string of the molecule is COc1ccc(CCCc2cccc(OCC(=O)NCC(CNC(=O)COc3cccc(C(CCc4ccc(OC)c(OC)c4)OC=O)c3)CN(C)C)c2)cc1OC. The van der Waals surface area contributed by atoms with Crippen molar-refractivity contribution < 1.29 is 47.5 Å². The van der Waals surface area contributed by atoms with Crippen molar-refractivity contribution in [2.45, 2.75) is 38.2 Å². The van der Waals surface area contributed by atoms with E-state index in [1.807, 2.05) is 79.7 Å². The maximum absolute atomic E-state index is 12.8. The molecular formula is C45H57N3O10. The molecule has 0 heterocycles. The third kappa shape index (κ3) is 14.8. The normalized spacial score (nSPS) is 11.8. The summed E-state index contributed by atoms with van der Waals surface area (Å²) < 4.78 is 38.6. The lowest BCUT2D eigenvalue weighted by Gasteiger charge is -2.22. The molecule has 0 bridgehead atoms. The Morgan fingerprint density at radius 2 is 1.16 bits per heavy atom. The molecule has 0 spiro atoms. The van der Waals surface area contributed by atoms with Crippen LogP contribution in [0.25, 0.3) is 0 Å². The average Bonchev–Trinajstić information content (AvgIpc) is 3.24. The lowest BCUT2D eigenvalue weighted by molar-refractivity contribution is -0.134. The highest BCUT2D eigenvalue weighted by Gasteiger charge is 2.17. The van der Waals surface area contributed by atoms with Gasteiger partial charge in [0, 0.05) is 25.6 Å². The molecule has 4 aromatic carbocycles. The minimum Gasteiger partial charge on any atom is -0.493 e. The van der Waals surface area contributed by atoms with Gasteiger partial charge in [-0.2, -0.15) is 0 Å². The van der Waals surface area contributed by atoms with Crippen molar-refractivity contribution in [2.75, 3.05) is 75.4 Å².